The highest BCUT2D eigenvalue weighted by molar-refractivity contribution is 7.98. The first-order chi connectivity index (χ1) is 17.0. The summed E-state index contributed by atoms with van der Waals surface area (Å²) >= 11 is 1.06. The Morgan fingerprint density at radius 1 is 1.16 bits per heavy atom. The molecule has 15 heteroatoms. The van der Waals surface area contributed by atoms with Crippen LogP contribution in [-0.4, -0.2) is 63.2 Å². The fourth-order valence-corrected chi connectivity index (χ4v) is 4.26. The first-order valence-corrected chi connectivity index (χ1v) is 12.3. The molecule has 0 unspecified atom stereocenters. The van der Waals surface area contributed by atoms with Crippen molar-refractivity contribution < 1.29 is 35.9 Å². The zero-order valence-corrected chi connectivity index (χ0v) is 21.6. The minimum Gasteiger partial charge on any atom is -0.443 e. The van der Waals surface area contributed by atoms with Crippen LogP contribution in [0.15, 0.2) is 17.3 Å². The molecule has 0 atom stereocenters. The van der Waals surface area contributed by atoms with Crippen LogP contribution in [0.3, 0.4) is 0 Å². The van der Waals surface area contributed by atoms with Crippen molar-refractivity contribution in [1.29, 1.82) is 0 Å². The van der Waals surface area contributed by atoms with E-state index in [9.17, 15) is 31.1 Å². The van der Waals surface area contributed by atoms with Crippen molar-refractivity contribution in [2.45, 2.75) is 75.9 Å². The molecule has 8 nitrogen and oxygen atoms in total. The molecule has 1 amide bonds. The van der Waals surface area contributed by atoms with Crippen LogP contribution < -0.4 is 9.80 Å². The van der Waals surface area contributed by atoms with Crippen LogP contribution in [0.25, 0.3) is 0 Å². The van der Waals surface area contributed by atoms with E-state index in [1.807, 2.05) is 0 Å². The van der Waals surface area contributed by atoms with E-state index in [0.717, 1.165) is 16.4 Å². The number of hydrogen-bond donors (Lipinski definition) is 0. The second kappa shape index (κ2) is 11.0. The maximum Gasteiger partial charge on any atom is 0.416 e. The summed E-state index contributed by atoms with van der Waals surface area (Å²) in [5, 5.41) is 4.21. The van der Waals surface area contributed by atoms with Gasteiger partial charge in [-0.15, -0.1) is 5.10 Å². The molecule has 2 aromatic heterocycles. The Balaban J connectivity index is 1.98. The Labute approximate surface area is 214 Å². The number of nitrogens with zero attached hydrogens (tertiary/aromatic N) is 6. The SMILES string of the molecule is Cc1nc(SCc2cc(N3CCC(F)(F)CC3)cc(N(CC(F)(F)F)C(=O)OC(C)(C)C)n2)nn1CF. The van der Waals surface area contributed by atoms with E-state index in [0.29, 0.717) is 16.4 Å². The summed E-state index contributed by atoms with van der Waals surface area (Å²) in [5.74, 6) is -2.77. The Kier molecular flexibility index (Phi) is 8.54. The molecule has 37 heavy (non-hydrogen) atoms. The smallest absolute Gasteiger partial charge is 0.416 e. The van der Waals surface area contributed by atoms with Gasteiger partial charge in [-0.05, 0) is 33.8 Å². The van der Waals surface area contributed by atoms with Gasteiger partial charge < -0.3 is 9.64 Å². The summed E-state index contributed by atoms with van der Waals surface area (Å²) in [6.45, 7) is 3.51. The summed E-state index contributed by atoms with van der Waals surface area (Å²) < 4.78 is 87.0. The fourth-order valence-electron chi connectivity index (χ4n) is 3.49. The predicted molar refractivity (Wildman–Crippen MR) is 126 cm³/mol. The number of halogens is 6. The van der Waals surface area contributed by atoms with Gasteiger partial charge in [0.1, 0.15) is 23.8 Å². The Hall–Kier alpha value is -2.71. The van der Waals surface area contributed by atoms with Crippen molar-refractivity contribution in [3.05, 3.63) is 23.7 Å². The van der Waals surface area contributed by atoms with Gasteiger partial charge in [0.15, 0.2) is 6.80 Å². The van der Waals surface area contributed by atoms with Crippen LogP contribution in [0.5, 0.6) is 0 Å². The summed E-state index contributed by atoms with van der Waals surface area (Å²) in [4.78, 5) is 23.1. The molecular formula is C22H28F6N6O2S. The number of anilines is 2. The highest BCUT2D eigenvalue weighted by Crippen LogP contribution is 2.34. The summed E-state index contributed by atoms with van der Waals surface area (Å²) in [6, 6.07) is 2.81. The molecule has 0 radical (unpaired) electrons. The number of carbonyl (C=O) groups excluding carboxylic acids is 1. The van der Waals surface area contributed by atoms with E-state index in [1.54, 1.807) is 17.9 Å². The number of aryl methyl sites for hydroxylation is 1. The second-order valence-corrected chi connectivity index (χ2v) is 10.5. The van der Waals surface area contributed by atoms with E-state index in [-0.39, 0.29) is 35.5 Å². The molecular weight excluding hydrogens is 526 g/mol. The summed E-state index contributed by atoms with van der Waals surface area (Å²) in [6.07, 6.45) is -6.86. The van der Waals surface area contributed by atoms with Gasteiger partial charge in [-0.25, -0.2) is 32.6 Å². The standard InChI is InChI=1S/C22H28F6N6O2S/c1-14-29-18(31-34(14)13-23)37-11-15-9-16(32-7-5-21(24,25)6-8-32)10-17(30-15)33(12-22(26,27)28)19(35)36-20(2,3)4/h9-10H,5-8,11-13H2,1-4H3. The fraction of sp³-hybridized carbons (Fsp3) is 0.636. The van der Waals surface area contributed by atoms with Gasteiger partial charge in [0, 0.05) is 43.4 Å². The lowest BCUT2D eigenvalue weighted by molar-refractivity contribution is -0.119. The van der Waals surface area contributed by atoms with Gasteiger partial charge in [-0.1, -0.05) is 11.8 Å². The lowest BCUT2D eigenvalue weighted by Crippen LogP contribution is -2.43. The average Bonchev–Trinajstić information content (AvgIpc) is 3.13. The van der Waals surface area contributed by atoms with E-state index in [2.05, 4.69) is 15.1 Å². The number of amides is 1. The highest BCUT2D eigenvalue weighted by Gasteiger charge is 2.38. The van der Waals surface area contributed by atoms with Crippen molar-refractivity contribution in [2.75, 3.05) is 29.4 Å². The highest BCUT2D eigenvalue weighted by atomic mass is 32.2. The third-order valence-electron chi connectivity index (χ3n) is 5.24. The monoisotopic (exact) mass is 554 g/mol. The van der Waals surface area contributed by atoms with Crippen molar-refractivity contribution in [2.24, 2.45) is 0 Å². The molecule has 3 rings (SSSR count). The van der Waals surface area contributed by atoms with Crippen molar-refractivity contribution in [3.63, 3.8) is 0 Å². The minimum atomic E-state index is -4.77. The van der Waals surface area contributed by atoms with Crippen LogP contribution in [0.1, 0.15) is 45.1 Å². The molecule has 1 fully saturated rings. The predicted octanol–water partition coefficient (Wildman–Crippen LogP) is 5.74. The molecule has 2 aromatic rings. The molecule has 0 aliphatic carbocycles. The maximum atomic E-state index is 13.7. The van der Waals surface area contributed by atoms with Crippen molar-refractivity contribution in [3.8, 4) is 0 Å². The van der Waals surface area contributed by atoms with Crippen LogP contribution in [0.2, 0.25) is 0 Å². The van der Waals surface area contributed by atoms with Gasteiger partial charge in [-0.2, -0.15) is 13.2 Å². The summed E-state index contributed by atoms with van der Waals surface area (Å²) in [5.41, 5.74) is -0.487. The van der Waals surface area contributed by atoms with E-state index in [1.165, 1.54) is 26.8 Å². The van der Waals surface area contributed by atoms with E-state index in [4.69, 9.17) is 4.74 Å². The number of hydrogen-bond acceptors (Lipinski definition) is 7. The van der Waals surface area contributed by atoms with Gasteiger partial charge >= 0.3 is 12.3 Å². The molecule has 1 aliphatic rings. The third-order valence-corrected chi connectivity index (χ3v) is 6.11. The van der Waals surface area contributed by atoms with Crippen LogP contribution in [0.4, 0.5) is 42.6 Å². The molecule has 1 aliphatic heterocycles. The topological polar surface area (TPSA) is 76.4 Å². The zero-order valence-electron chi connectivity index (χ0n) is 20.8. The lowest BCUT2D eigenvalue weighted by Gasteiger charge is -2.34. The third kappa shape index (κ3) is 8.40. The molecule has 1 saturated heterocycles. The van der Waals surface area contributed by atoms with Gasteiger partial charge in [0.2, 0.25) is 5.16 Å². The molecule has 0 bridgehead atoms. The largest absolute Gasteiger partial charge is 0.443 e. The van der Waals surface area contributed by atoms with Crippen molar-refractivity contribution in [1.82, 2.24) is 19.7 Å². The van der Waals surface area contributed by atoms with E-state index >= 15 is 0 Å². The number of thioether (sulfide) groups is 1. The van der Waals surface area contributed by atoms with Crippen LogP contribution in [0, 0.1) is 6.92 Å². The number of alkyl halides is 6. The molecule has 0 aromatic carbocycles. The number of rotatable bonds is 7. The van der Waals surface area contributed by atoms with Crippen molar-refractivity contribution >= 4 is 29.4 Å². The number of ether oxygens (including phenoxy) is 1. The Morgan fingerprint density at radius 3 is 2.35 bits per heavy atom. The zero-order chi connectivity index (χ0) is 27.6. The molecule has 0 N–H and O–H groups in total. The normalized spacial score (nSPS) is 16.1. The number of carbonyl (C=O) groups is 1. The van der Waals surface area contributed by atoms with Gasteiger partial charge in [0.25, 0.3) is 5.92 Å². The number of aromatic nitrogens is 4. The lowest BCUT2D eigenvalue weighted by atomic mass is 10.1. The molecule has 3 heterocycles. The first-order valence-electron chi connectivity index (χ1n) is 11.4. The molecule has 206 valence electrons. The van der Waals surface area contributed by atoms with Gasteiger partial charge in [0.05, 0.1) is 5.69 Å². The average molecular weight is 555 g/mol. The Bertz CT molecular complexity index is 1090. The minimum absolute atomic E-state index is 0.0313. The quantitative estimate of drug-likeness (QED) is 0.319. The Morgan fingerprint density at radius 2 is 1.81 bits per heavy atom. The molecule has 0 saturated carbocycles. The summed E-state index contributed by atoms with van der Waals surface area (Å²) in [7, 11) is 0. The van der Waals surface area contributed by atoms with E-state index < -0.39 is 50.0 Å². The second-order valence-electron chi connectivity index (χ2n) is 9.55. The first kappa shape index (κ1) is 28.9. The number of pyridine rings is 1. The van der Waals surface area contributed by atoms with Crippen LogP contribution in [-0.2, 0) is 17.3 Å². The number of piperidine rings is 1. The maximum absolute atomic E-state index is 13.7. The van der Waals surface area contributed by atoms with Crippen LogP contribution >= 0.6 is 11.8 Å². The molecule has 0 spiro atoms. The van der Waals surface area contributed by atoms with Gasteiger partial charge in [-0.3, -0.25) is 4.90 Å².